The molecule has 0 fully saturated rings. The molecule has 0 aliphatic carbocycles. The van der Waals surface area contributed by atoms with E-state index in [-0.39, 0.29) is 19.5 Å². The van der Waals surface area contributed by atoms with Crippen LogP contribution < -0.4 is 0 Å². The smallest absolute Gasteiger partial charge is 0.668 e. The van der Waals surface area contributed by atoms with Gasteiger partial charge in [0, 0.05) is 0 Å². The standard InChI is InChI=1S/C10H27Si3.C6H18NSi2.Zn/c1-11(2,3)10(12(4,5)6)13(7,8)9;1-8(2,3)7-9(4,5)6;/h1-9H3;1-6H3;/q2*-1;+2. The third-order valence-corrected chi connectivity index (χ3v) is 26.3. The SMILES string of the molecule is C[Si](C)(C)[C-]([Si](C)(C)C)[Si](C)(C)C.C[Si](C)(C)[N-][Si](C)(C)C.[Zn+2]. The van der Waals surface area contributed by atoms with Gasteiger partial charge in [-0.25, -0.2) is 0 Å². The quantitative estimate of drug-likeness (QED) is 0.306. The molecule has 0 radical (unpaired) electrons. The first-order valence-electron chi connectivity index (χ1n) is 8.70. The van der Waals surface area contributed by atoms with Crippen LogP contribution in [0.5, 0.6) is 0 Å². The van der Waals surface area contributed by atoms with Gasteiger partial charge in [-0.2, -0.15) is 0 Å². The molecule has 0 aromatic heterocycles. The van der Waals surface area contributed by atoms with Crippen LogP contribution in [0.3, 0.4) is 0 Å². The Bertz CT molecular complexity index is 282. The predicted octanol–water partition coefficient (Wildman–Crippen LogP) is 7.22. The van der Waals surface area contributed by atoms with E-state index in [2.05, 4.69) is 103 Å². The summed E-state index contributed by atoms with van der Waals surface area (Å²) in [5, 5.41) is 0. The van der Waals surface area contributed by atoms with Crippen LogP contribution in [0.4, 0.5) is 0 Å². The molecule has 1 nitrogen and oxygen atoms in total. The molecule has 0 aliphatic heterocycles. The molecule has 7 heteroatoms. The molecule has 0 atom stereocenters. The van der Waals surface area contributed by atoms with Gasteiger partial charge < -0.3 is 9.44 Å². The van der Waals surface area contributed by atoms with Crippen LogP contribution in [0.25, 0.3) is 4.65 Å². The van der Waals surface area contributed by atoms with Crippen LogP contribution in [0.15, 0.2) is 0 Å². The van der Waals surface area contributed by atoms with Gasteiger partial charge in [-0.15, -0.1) is 24.2 Å². The zero-order valence-electron chi connectivity index (χ0n) is 19.2. The van der Waals surface area contributed by atoms with Crippen molar-refractivity contribution in [1.29, 1.82) is 0 Å². The minimum atomic E-state index is -1.11. The average molecular weight is 457 g/mol. The second kappa shape index (κ2) is 9.56. The molecule has 0 saturated heterocycles. The van der Waals surface area contributed by atoms with Crippen LogP contribution in [0, 0.1) is 4.79 Å². The molecular weight excluding hydrogens is 412 g/mol. The number of rotatable bonds is 5. The molecule has 0 heterocycles. The van der Waals surface area contributed by atoms with E-state index in [4.69, 9.17) is 4.65 Å². The second-order valence-corrected chi connectivity index (χ2v) is 37.7. The van der Waals surface area contributed by atoms with Crippen molar-refractivity contribution in [2.24, 2.45) is 0 Å². The maximum absolute atomic E-state index is 4.82. The van der Waals surface area contributed by atoms with Gasteiger partial charge in [-0.3, -0.25) is 0 Å². The Labute approximate surface area is 167 Å². The van der Waals surface area contributed by atoms with Gasteiger partial charge in [-0.05, 0) is 0 Å². The largest absolute Gasteiger partial charge is 2.00 e. The molecule has 0 rings (SSSR count). The molecule has 0 aromatic carbocycles. The van der Waals surface area contributed by atoms with Gasteiger partial charge in [0.1, 0.15) is 0 Å². The molecular formula is C16H45NSi5Zn. The van der Waals surface area contributed by atoms with E-state index in [9.17, 15) is 0 Å². The van der Waals surface area contributed by atoms with Gasteiger partial charge in [0.15, 0.2) is 0 Å². The Balaban J connectivity index is -0.000000354. The predicted molar refractivity (Wildman–Crippen MR) is 123 cm³/mol. The minimum Gasteiger partial charge on any atom is -0.668 e. The zero-order chi connectivity index (χ0) is 18.8. The van der Waals surface area contributed by atoms with Crippen molar-refractivity contribution in [3.63, 3.8) is 0 Å². The molecule has 0 N–H and O–H groups in total. The van der Waals surface area contributed by atoms with E-state index in [0.717, 1.165) is 0 Å². The summed E-state index contributed by atoms with van der Waals surface area (Å²) < 4.78 is 4.82. The number of hydrogen-bond acceptors (Lipinski definition) is 0. The maximum Gasteiger partial charge on any atom is 2.00 e. The number of hydrogen-bond donors (Lipinski definition) is 0. The first-order valence-corrected chi connectivity index (χ1v) is 26.1. The molecule has 136 valence electrons. The van der Waals surface area contributed by atoms with Crippen molar-refractivity contribution in [2.75, 3.05) is 0 Å². The van der Waals surface area contributed by atoms with Crippen molar-refractivity contribution in [2.45, 2.75) is 98.2 Å². The van der Waals surface area contributed by atoms with Gasteiger partial charge >= 0.3 is 19.5 Å². The fourth-order valence-corrected chi connectivity index (χ4v) is 39.4. The summed E-state index contributed by atoms with van der Waals surface area (Å²) >= 11 is 0. The summed E-state index contributed by atoms with van der Waals surface area (Å²) in [6, 6.07) is 0. The fourth-order valence-electron chi connectivity index (χ4n) is 4.38. The topological polar surface area (TPSA) is 14.1 Å². The molecule has 23 heavy (non-hydrogen) atoms. The van der Waals surface area contributed by atoms with Crippen LogP contribution in [0.2, 0.25) is 98.2 Å². The van der Waals surface area contributed by atoms with Crippen LogP contribution in [-0.2, 0) is 19.5 Å². The summed E-state index contributed by atoms with van der Waals surface area (Å²) in [5.74, 6) is 0. The van der Waals surface area contributed by atoms with E-state index < -0.39 is 40.7 Å². The molecule has 0 amide bonds. The third kappa shape index (κ3) is 16.9. The van der Waals surface area contributed by atoms with Crippen LogP contribution in [0.1, 0.15) is 0 Å². The van der Waals surface area contributed by atoms with E-state index >= 15 is 0 Å². The first-order chi connectivity index (χ1) is 9.07. The zero-order valence-corrected chi connectivity index (χ0v) is 27.1. The third-order valence-electron chi connectivity index (χ3n) is 2.92. The monoisotopic (exact) mass is 455 g/mol. The Kier molecular flexibility index (Phi) is 12.2. The van der Waals surface area contributed by atoms with E-state index in [0.29, 0.717) is 0 Å². The van der Waals surface area contributed by atoms with E-state index in [1.165, 1.54) is 0 Å². The van der Waals surface area contributed by atoms with E-state index in [1.807, 2.05) is 0 Å². The van der Waals surface area contributed by atoms with Crippen molar-refractivity contribution in [3.05, 3.63) is 9.44 Å². The van der Waals surface area contributed by atoms with Gasteiger partial charge in [0.2, 0.25) is 0 Å². The molecule has 0 bridgehead atoms. The summed E-state index contributed by atoms with van der Waals surface area (Å²) in [5.41, 5.74) is 0. The molecule has 0 saturated carbocycles. The second-order valence-electron chi connectivity index (χ2n) is 11.6. The molecule has 0 unspecified atom stereocenters. The van der Waals surface area contributed by atoms with Crippen molar-refractivity contribution < 1.29 is 19.5 Å². The van der Waals surface area contributed by atoms with Crippen LogP contribution >= 0.6 is 0 Å². The summed E-state index contributed by atoms with van der Waals surface area (Å²) in [7, 11) is -5.26. The van der Waals surface area contributed by atoms with Gasteiger partial charge in [0.05, 0.1) is 0 Å². The normalized spacial score (nSPS) is 14.1. The average Bonchev–Trinajstić information content (AvgIpc) is 1.83. The minimum absolute atomic E-state index is 0. The van der Waals surface area contributed by atoms with Crippen molar-refractivity contribution >= 4 is 40.7 Å². The van der Waals surface area contributed by atoms with Crippen LogP contribution in [-0.4, -0.2) is 40.7 Å². The first kappa shape index (κ1) is 29.4. The molecule has 0 spiro atoms. The fraction of sp³-hybridized carbons (Fsp3) is 0.938. The number of nitrogens with zero attached hydrogens (tertiary/aromatic N) is 1. The van der Waals surface area contributed by atoms with Gasteiger partial charge in [-0.1, -0.05) is 115 Å². The summed E-state index contributed by atoms with van der Waals surface area (Å²) in [4.78, 5) is 2.06. The molecule has 0 aliphatic rings. The Morgan fingerprint density at radius 2 is 0.609 bits per heavy atom. The van der Waals surface area contributed by atoms with Crippen molar-refractivity contribution in [1.82, 2.24) is 0 Å². The Hall–Kier alpha value is 1.67. The van der Waals surface area contributed by atoms with Crippen molar-refractivity contribution in [3.8, 4) is 0 Å². The Morgan fingerprint density at radius 3 is 0.609 bits per heavy atom. The summed E-state index contributed by atoms with van der Waals surface area (Å²) in [6.45, 7) is 36.5. The summed E-state index contributed by atoms with van der Waals surface area (Å²) in [6.07, 6.45) is 0. The maximum atomic E-state index is 4.82. The van der Waals surface area contributed by atoms with Gasteiger partial charge in [0.25, 0.3) is 0 Å². The molecule has 0 aromatic rings. The Morgan fingerprint density at radius 1 is 0.435 bits per heavy atom. The van der Waals surface area contributed by atoms with E-state index in [1.54, 1.807) is 0 Å².